The second-order valence-electron chi connectivity index (χ2n) is 2.16. The zero-order chi connectivity index (χ0) is 8.20. The first-order chi connectivity index (χ1) is 4.42. The molecule has 0 rings (SSSR count). The smallest absolute Gasteiger partial charge is 0.264 e. The summed E-state index contributed by atoms with van der Waals surface area (Å²) in [6, 6.07) is 0. The summed E-state index contributed by atoms with van der Waals surface area (Å²) in [7, 11) is -3.33. The van der Waals surface area contributed by atoms with Gasteiger partial charge in [-0.15, -0.1) is 0 Å². The average Bonchev–Trinajstić information content (AvgIpc) is 1.59. The van der Waals surface area contributed by atoms with Gasteiger partial charge >= 0.3 is 0 Å². The van der Waals surface area contributed by atoms with Crippen LogP contribution in [0.5, 0.6) is 0 Å². The molecule has 0 aliphatic heterocycles. The van der Waals surface area contributed by atoms with Crippen molar-refractivity contribution in [3.63, 3.8) is 0 Å². The molecule has 10 heavy (non-hydrogen) atoms. The van der Waals surface area contributed by atoms with Crippen molar-refractivity contribution in [3.8, 4) is 0 Å². The Morgan fingerprint density at radius 1 is 1.60 bits per heavy atom. The van der Waals surface area contributed by atoms with Crippen molar-refractivity contribution in [1.29, 1.82) is 0 Å². The van der Waals surface area contributed by atoms with Crippen molar-refractivity contribution in [1.82, 2.24) is 0 Å². The fourth-order valence-corrected chi connectivity index (χ4v) is 0.769. The topological polar surface area (TPSA) is 63.6 Å². The maximum atomic E-state index is 10.3. The summed E-state index contributed by atoms with van der Waals surface area (Å²) in [4.78, 5) is 0. The first-order valence-electron chi connectivity index (χ1n) is 2.94. The lowest BCUT2D eigenvalue weighted by molar-refractivity contribution is 0.158. The molecule has 0 aromatic carbocycles. The predicted octanol–water partition coefficient (Wildman–Crippen LogP) is -0.266. The van der Waals surface area contributed by atoms with Crippen LogP contribution in [-0.4, -0.2) is 32.5 Å². The highest BCUT2D eigenvalue weighted by molar-refractivity contribution is 7.85. The van der Waals surface area contributed by atoms with Gasteiger partial charge in [0.1, 0.15) is 0 Å². The van der Waals surface area contributed by atoms with Gasteiger partial charge in [0.05, 0.1) is 19.0 Å². The van der Waals surface area contributed by atoms with Gasteiger partial charge in [0.2, 0.25) is 0 Å². The minimum absolute atomic E-state index is 0.0521. The number of rotatable bonds is 4. The van der Waals surface area contributed by atoms with Crippen LogP contribution in [0.25, 0.3) is 0 Å². The molecule has 0 aromatic rings. The maximum absolute atomic E-state index is 10.3. The van der Waals surface area contributed by atoms with Crippen LogP contribution in [0.4, 0.5) is 0 Å². The van der Waals surface area contributed by atoms with E-state index in [4.69, 9.17) is 5.11 Å². The molecule has 0 saturated heterocycles. The van der Waals surface area contributed by atoms with Crippen LogP contribution < -0.4 is 0 Å². The zero-order valence-electron chi connectivity index (χ0n) is 6.07. The minimum Gasteiger partial charge on any atom is -0.393 e. The van der Waals surface area contributed by atoms with E-state index in [9.17, 15) is 8.42 Å². The molecule has 5 heteroatoms. The van der Waals surface area contributed by atoms with Gasteiger partial charge in [-0.3, -0.25) is 4.18 Å². The Kier molecular flexibility index (Phi) is 3.85. The Morgan fingerprint density at radius 2 is 2.10 bits per heavy atom. The first-order valence-corrected chi connectivity index (χ1v) is 4.76. The van der Waals surface area contributed by atoms with E-state index in [1.54, 1.807) is 6.92 Å². The lowest BCUT2D eigenvalue weighted by Crippen LogP contribution is -2.09. The standard InChI is InChI=1S/C5H12O4S/c1-5(6)3-4-9-10(2,7)8/h5-6H,3-4H2,1-2H3/t5-/m0/s1. The third kappa shape index (κ3) is 7.87. The Balaban J connectivity index is 3.39. The second kappa shape index (κ2) is 3.90. The highest BCUT2D eigenvalue weighted by Crippen LogP contribution is 1.93. The SMILES string of the molecule is C[C@H](O)CCOS(C)(=O)=O. The van der Waals surface area contributed by atoms with Gasteiger partial charge in [-0.25, -0.2) is 0 Å². The molecule has 4 nitrogen and oxygen atoms in total. The van der Waals surface area contributed by atoms with Crippen LogP contribution in [0.3, 0.4) is 0 Å². The predicted molar refractivity (Wildman–Crippen MR) is 37.1 cm³/mol. The number of hydrogen-bond donors (Lipinski definition) is 1. The fraction of sp³-hybridized carbons (Fsp3) is 1.00. The van der Waals surface area contributed by atoms with E-state index in [0.717, 1.165) is 6.26 Å². The summed E-state index contributed by atoms with van der Waals surface area (Å²) in [5, 5.41) is 8.67. The van der Waals surface area contributed by atoms with E-state index in [0.29, 0.717) is 6.42 Å². The van der Waals surface area contributed by atoms with Gasteiger partial charge in [-0.1, -0.05) is 0 Å². The van der Waals surface area contributed by atoms with Crippen molar-refractivity contribution in [2.45, 2.75) is 19.4 Å². The molecule has 0 fully saturated rings. The summed E-state index contributed by atoms with van der Waals surface area (Å²) < 4.78 is 25.0. The molecule has 0 radical (unpaired) electrons. The highest BCUT2D eigenvalue weighted by Gasteiger charge is 2.02. The Bertz CT molecular complexity index is 170. The normalized spacial score (nSPS) is 15.1. The molecule has 1 atom stereocenters. The number of aliphatic hydroxyl groups excluding tert-OH is 1. The molecule has 0 amide bonds. The molecule has 0 aromatic heterocycles. The summed E-state index contributed by atoms with van der Waals surface area (Å²) in [5.74, 6) is 0. The van der Waals surface area contributed by atoms with E-state index in [1.807, 2.05) is 0 Å². The van der Waals surface area contributed by atoms with Crippen molar-refractivity contribution in [2.24, 2.45) is 0 Å². The summed E-state index contributed by atoms with van der Waals surface area (Å²) in [6.45, 7) is 1.63. The molecular formula is C5H12O4S. The highest BCUT2D eigenvalue weighted by atomic mass is 32.2. The lowest BCUT2D eigenvalue weighted by Gasteiger charge is -2.02. The largest absolute Gasteiger partial charge is 0.393 e. The molecular weight excluding hydrogens is 156 g/mol. The van der Waals surface area contributed by atoms with E-state index >= 15 is 0 Å². The van der Waals surface area contributed by atoms with Crippen LogP contribution in [0.2, 0.25) is 0 Å². The molecule has 0 spiro atoms. The summed E-state index contributed by atoms with van der Waals surface area (Å²) in [6.07, 6.45) is 0.809. The van der Waals surface area contributed by atoms with E-state index in [-0.39, 0.29) is 6.61 Å². The van der Waals surface area contributed by atoms with Crippen molar-refractivity contribution in [2.75, 3.05) is 12.9 Å². The zero-order valence-corrected chi connectivity index (χ0v) is 6.89. The van der Waals surface area contributed by atoms with E-state index in [1.165, 1.54) is 0 Å². The first kappa shape index (κ1) is 9.87. The monoisotopic (exact) mass is 168 g/mol. The van der Waals surface area contributed by atoms with Crippen LogP contribution in [-0.2, 0) is 14.3 Å². The van der Waals surface area contributed by atoms with Gasteiger partial charge in [0.25, 0.3) is 10.1 Å². The molecule has 0 aliphatic rings. The third-order valence-corrected chi connectivity index (χ3v) is 1.43. The molecule has 0 unspecified atom stereocenters. The lowest BCUT2D eigenvalue weighted by atomic mass is 10.3. The van der Waals surface area contributed by atoms with Gasteiger partial charge in [-0.2, -0.15) is 8.42 Å². The molecule has 0 heterocycles. The van der Waals surface area contributed by atoms with E-state index in [2.05, 4.69) is 4.18 Å². The van der Waals surface area contributed by atoms with Gasteiger partial charge in [0.15, 0.2) is 0 Å². The van der Waals surface area contributed by atoms with Gasteiger partial charge in [-0.05, 0) is 13.3 Å². The third-order valence-electron chi connectivity index (χ3n) is 0.833. The van der Waals surface area contributed by atoms with E-state index < -0.39 is 16.2 Å². The molecule has 0 aliphatic carbocycles. The number of aliphatic hydroxyl groups is 1. The summed E-state index contributed by atoms with van der Waals surface area (Å²) >= 11 is 0. The minimum atomic E-state index is -3.33. The van der Waals surface area contributed by atoms with Crippen molar-refractivity contribution in [3.05, 3.63) is 0 Å². The molecule has 1 N–H and O–H groups in total. The summed E-state index contributed by atoms with van der Waals surface area (Å²) in [5.41, 5.74) is 0. The Morgan fingerprint density at radius 3 is 2.40 bits per heavy atom. The van der Waals surface area contributed by atoms with Crippen LogP contribution in [0, 0.1) is 0 Å². The Hall–Kier alpha value is -0.130. The van der Waals surface area contributed by atoms with Gasteiger partial charge < -0.3 is 5.11 Å². The van der Waals surface area contributed by atoms with Crippen LogP contribution in [0.1, 0.15) is 13.3 Å². The molecule has 0 bridgehead atoms. The molecule has 0 saturated carbocycles. The average molecular weight is 168 g/mol. The second-order valence-corrected chi connectivity index (χ2v) is 3.81. The van der Waals surface area contributed by atoms with Crippen molar-refractivity contribution < 1.29 is 17.7 Å². The van der Waals surface area contributed by atoms with Gasteiger partial charge in [0, 0.05) is 0 Å². The Labute approximate surface area is 60.9 Å². The number of hydrogen-bond acceptors (Lipinski definition) is 4. The quantitative estimate of drug-likeness (QED) is 0.587. The maximum Gasteiger partial charge on any atom is 0.264 e. The van der Waals surface area contributed by atoms with Crippen molar-refractivity contribution >= 4 is 10.1 Å². The fourth-order valence-electron chi connectivity index (χ4n) is 0.370. The van der Waals surface area contributed by atoms with Crippen LogP contribution in [0.15, 0.2) is 0 Å². The van der Waals surface area contributed by atoms with Crippen LogP contribution >= 0.6 is 0 Å². The molecule has 62 valence electrons.